The molecule has 3 heteroatoms. The van der Waals surface area contributed by atoms with E-state index in [1.54, 1.807) is 0 Å². The van der Waals surface area contributed by atoms with E-state index in [-0.39, 0.29) is 5.91 Å². The Labute approximate surface area is 121 Å². The molecule has 1 saturated carbocycles. The first-order chi connectivity index (χ1) is 9.74. The summed E-state index contributed by atoms with van der Waals surface area (Å²) in [4.78, 5) is 11.9. The van der Waals surface area contributed by atoms with E-state index in [4.69, 9.17) is 4.74 Å². The van der Waals surface area contributed by atoms with Gasteiger partial charge in [0.2, 0.25) is 5.91 Å². The standard InChI is InChI=1S/C17H25NO2/c1-14-7-6-10-16(13-14)20-12-11-17(19)18-15-8-4-2-3-5-9-15/h6-7,10,13,15H,2-5,8-9,11-12H2,1H3,(H,18,19). The zero-order valence-electron chi connectivity index (χ0n) is 12.4. The number of benzene rings is 1. The molecule has 0 unspecified atom stereocenters. The molecule has 2 rings (SSSR count). The normalized spacial score (nSPS) is 16.4. The summed E-state index contributed by atoms with van der Waals surface area (Å²) >= 11 is 0. The van der Waals surface area contributed by atoms with Gasteiger partial charge < -0.3 is 10.1 Å². The van der Waals surface area contributed by atoms with E-state index in [2.05, 4.69) is 5.32 Å². The van der Waals surface area contributed by atoms with E-state index in [0.717, 1.165) is 18.6 Å². The van der Waals surface area contributed by atoms with Gasteiger partial charge in [-0.05, 0) is 37.5 Å². The monoisotopic (exact) mass is 275 g/mol. The molecule has 0 saturated heterocycles. The first-order valence-electron chi connectivity index (χ1n) is 7.73. The van der Waals surface area contributed by atoms with Gasteiger partial charge in [-0.1, -0.05) is 37.8 Å². The summed E-state index contributed by atoms with van der Waals surface area (Å²) < 4.78 is 5.61. The summed E-state index contributed by atoms with van der Waals surface area (Å²) in [5.41, 5.74) is 1.17. The van der Waals surface area contributed by atoms with Crippen molar-refractivity contribution in [2.45, 2.75) is 57.9 Å². The topological polar surface area (TPSA) is 38.3 Å². The highest BCUT2D eigenvalue weighted by atomic mass is 16.5. The third-order valence-electron chi connectivity index (χ3n) is 3.81. The van der Waals surface area contributed by atoms with Crippen LogP contribution >= 0.6 is 0 Å². The lowest BCUT2D eigenvalue weighted by atomic mass is 10.1. The van der Waals surface area contributed by atoms with E-state index in [1.165, 1.54) is 31.2 Å². The average Bonchev–Trinajstić information content (AvgIpc) is 2.67. The molecule has 0 aromatic heterocycles. The number of carbonyl (C=O) groups is 1. The van der Waals surface area contributed by atoms with E-state index in [9.17, 15) is 4.79 Å². The molecular formula is C17H25NO2. The molecule has 20 heavy (non-hydrogen) atoms. The van der Waals surface area contributed by atoms with Gasteiger partial charge in [-0.15, -0.1) is 0 Å². The molecule has 0 aliphatic heterocycles. The second kappa shape index (κ2) is 7.93. The van der Waals surface area contributed by atoms with E-state index >= 15 is 0 Å². The van der Waals surface area contributed by atoms with Gasteiger partial charge in [0.15, 0.2) is 0 Å². The molecule has 1 aliphatic rings. The Balaban J connectivity index is 1.67. The Morgan fingerprint density at radius 3 is 2.70 bits per heavy atom. The number of ether oxygens (including phenoxy) is 1. The van der Waals surface area contributed by atoms with Crippen molar-refractivity contribution in [2.75, 3.05) is 6.61 Å². The summed E-state index contributed by atoms with van der Waals surface area (Å²) in [7, 11) is 0. The van der Waals surface area contributed by atoms with Gasteiger partial charge >= 0.3 is 0 Å². The van der Waals surface area contributed by atoms with Crippen molar-refractivity contribution in [3.8, 4) is 5.75 Å². The molecule has 1 aliphatic carbocycles. The van der Waals surface area contributed by atoms with Crippen molar-refractivity contribution in [1.29, 1.82) is 0 Å². The quantitative estimate of drug-likeness (QED) is 0.834. The minimum atomic E-state index is 0.115. The van der Waals surface area contributed by atoms with Crippen molar-refractivity contribution in [1.82, 2.24) is 5.32 Å². The van der Waals surface area contributed by atoms with Crippen LogP contribution in [0, 0.1) is 6.92 Å². The third kappa shape index (κ3) is 5.24. The predicted molar refractivity (Wildman–Crippen MR) is 80.9 cm³/mol. The Kier molecular flexibility index (Phi) is 5.90. The Hall–Kier alpha value is -1.51. The Bertz CT molecular complexity index is 423. The maximum Gasteiger partial charge on any atom is 0.223 e. The second-order valence-corrected chi connectivity index (χ2v) is 5.67. The molecule has 0 radical (unpaired) electrons. The molecule has 1 amide bonds. The number of hydrogen-bond donors (Lipinski definition) is 1. The van der Waals surface area contributed by atoms with Crippen LogP contribution in [0.15, 0.2) is 24.3 Å². The van der Waals surface area contributed by atoms with Crippen molar-refractivity contribution in [3.63, 3.8) is 0 Å². The number of aryl methyl sites for hydroxylation is 1. The van der Waals surface area contributed by atoms with Gasteiger partial charge in [0, 0.05) is 6.04 Å². The van der Waals surface area contributed by atoms with Crippen LogP contribution < -0.4 is 10.1 Å². The molecule has 110 valence electrons. The molecule has 1 N–H and O–H groups in total. The minimum Gasteiger partial charge on any atom is -0.493 e. The fourth-order valence-electron chi connectivity index (χ4n) is 2.69. The summed E-state index contributed by atoms with van der Waals surface area (Å²) in [6.07, 6.45) is 7.79. The van der Waals surface area contributed by atoms with E-state index in [1.807, 2.05) is 31.2 Å². The third-order valence-corrected chi connectivity index (χ3v) is 3.81. The predicted octanol–water partition coefficient (Wildman–Crippen LogP) is 3.60. The van der Waals surface area contributed by atoms with Crippen LogP contribution in [0.25, 0.3) is 0 Å². The van der Waals surface area contributed by atoms with E-state index < -0.39 is 0 Å². The smallest absolute Gasteiger partial charge is 0.223 e. The van der Waals surface area contributed by atoms with Crippen molar-refractivity contribution in [3.05, 3.63) is 29.8 Å². The van der Waals surface area contributed by atoms with Crippen LogP contribution in [-0.4, -0.2) is 18.6 Å². The number of hydrogen-bond acceptors (Lipinski definition) is 2. The summed E-state index contributed by atoms with van der Waals surface area (Å²) in [5, 5.41) is 3.14. The van der Waals surface area contributed by atoms with Gasteiger partial charge in [0.1, 0.15) is 5.75 Å². The fourth-order valence-corrected chi connectivity index (χ4v) is 2.69. The van der Waals surface area contributed by atoms with E-state index in [0.29, 0.717) is 19.1 Å². The molecule has 1 aromatic rings. The largest absolute Gasteiger partial charge is 0.493 e. The zero-order chi connectivity index (χ0) is 14.2. The van der Waals surface area contributed by atoms with Crippen LogP contribution in [0.3, 0.4) is 0 Å². The highest BCUT2D eigenvalue weighted by Crippen LogP contribution is 2.17. The maximum atomic E-state index is 11.9. The lowest BCUT2D eigenvalue weighted by Gasteiger charge is -2.16. The van der Waals surface area contributed by atoms with Crippen LogP contribution in [0.4, 0.5) is 0 Å². The summed E-state index contributed by atoms with van der Waals surface area (Å²) in [5.74, 6) is 0.955. The summed E-state index contributed by atoms with van der Waals surface area (Å²) in [6, 6.07) is 8.30. The molecule has 3 nitrogen and oxygen atoms in total. The van der Waals surface area contributed by atoms with Crippen molar-refractivity contribution < 1.29 is 9.53 Å². The van der Waals surface area contributed by atoms with Gasteiger partial charge in [-0.2, -0.15) is 0 Å². The van der Waals surface area contributed by atoms with Crippen LogP contribution in [0.1, 0.15) is 50.5 Å². The lowest BCUT2D eigenvalue weighted by Crippen LogP contribution is -2.35. The first-order valence-corrected chi connectivity index (χ1v) is 7.73. The highest BCUT2D eigenvalue weighted by molar-refractivity contribution is 5.76. The van der Waals surface area contributed by atoms with Gasteiger partial charge in [0.05, 0.1) is 13.0 Å². The number of amides is 1. The molecule has 0 heterocycles. The van der Waals surface area contributed by atoms with Gasteiger partial charge in [-0.3, -0.25) is 4.79 Å². The Morgan fingerprint density at radius 1 is 1.25 bits per heavy atom. The molecule has 0 bridgehead atoms. The number of rotatable bonds is 5. The van der Waals surface area contributed by atoms with Crippen molar-refractivity contribution >= 4 is 5.91 Å². The molecule has 0 atom stereocenters. The molecule has 1 aromatic carbocycles. The SMILES string of the molecule is Cc1cccc(OCCC(=O)NC2CCCCCC2)c1. The van der Waals surface area contributed by atoms with Crippen LogP contribution in [0.2, 0.25) is 0 Å². The lowest BCUT2D eigenvalue weighted by molar-refractivity contribution is -0.122. The van der Waals surface area contributed by atoms with Crippen LogP contribution in [0.5, 0.6) is 5.75 Å². The second-order valence-electron chi connectivity index (χ2n) is 5.67. The zero-order valence-corrected chi connectivity index (χ0v) is 12.4. The average molecular weight is 275 g/mol. The summed E-state index contributed by atoms with van der Waals surface area (Å²) in [6.45, 7) is 2.48. The number of nitrogens with one attached hydrogen (secondary N) is 1. The van der Waals surface area contributed by atoms with Gasteiger partial charge in [0.25, 0.3) is 0 Å². The maximum absolute atomic E-state index is 11.9. The first kappa shape index (κ1) is 14.9. The fraction of sp³-hybridized carbons (Fsp3) is 0.588. The number of carbonyl (C=O) groups excluding carboxylic acids is 1. The Morgan fingerprint density at radius 2 is 2.00 bits per heavy atom. The molecule has 1 fully saturated rings. The molecule has 0 spiro atoms. The highest BCUT2D eigenvalue weighted by Gasteiger charge is 2.14. The van der Waals surface area contributed by atoms with Gasteiger partial charge in [-0.25, -0.2) is 0 Å². The minimum absolute atomic E-state index is 0.115. The van der Waals surface area contributed by atoms with Crippen molar-refractivity contribution in [2.24, 2.45) is 0 Å². The van der Waals surface area contributed by atoms with Crippen LogP contribution in [-0.2, 0) is 4.79 Å². The molecular weight excluding hydrogens is 250 g/mol.